The number of aliphatic hydroxyl groups excluding tert-OH is 1. The SMILES string of the molecule is CC(C)(CCO)CNC(=O)c1ccc2[nH]ncc2c1. The third-order valence-corrected chi connectivity index (χ3v) is 3.22. The van der Waals surface area contributed by atoms with Crippen LogP contribution in [0.3, 0.4) is 0 Å². The van der Waals surface area contributed by atoms with Crippen LogP contribution in [0.25, 0.3) is 10.9 Å². The van der Waals surface area contributed by atoms with Gasteiger partial charge in [0.15, 0.2) is 0 Å². The van der Waals surface area contributed by atoms with Crippen molar-refractivity contribution in [2.24, 2.45) is 5.41 Å². The van der Waals surface area contributed by atoms with Gasteiger partial charge in [-0.15, -0.1) is 0 Å². The highest BCUT2D eigenvalue weighted by molar-refractivity contribution is 5.97. The molecule has 1 amide bonds. The second-order valence-corrected chi connectivity index (χ2v) is 5.49. The third kappa shape index (κ3) is 3.32. The van der Waals surface area contributed by atoms with E-state index < -0.39 is 0 Å². The van der Waals surface area contributed by atoms with Gasteiger partial charge < -0.3 is 10.4 Å². The summed E-state index contributed by atoms with van der Waals surface area (Å²) in [5.74, 6) is -0.103. The standard InChI is InChI=1S/C14H19N3O2/c1-14(2,5-6-18)9-15-13(19)10-3-4-12-11(7-10)8-16-17-12/h3-4,7-8,18H,5-6,9H2,1-2H3,(H,15,19)(H,16,17). The van der Waals surface area contributed by atoms with Crippen LogP contribution in [0, 0.1) is 5.41 Å². The number of hydrogen-bond donors (Lipinski definition) is 3. The second kappa shape index (κ2) is 5.40. The smallest absolute Gasteiger partial charge is 0.251 e. The van der Waals surface area contributed by atoms with Crippen LogP contribution in [-0.4, -0.2) is 34.4 Å². The van der Waals surface area contributed by atoms with Crippen molar-refractivity contribution < 1.29 is 9.90 Å². The summed E-state index contributed by atoms with van der Waals surface area (Å²) >= 11 is 0. The zero-order valence-electron chi connectivity index (χ0n) is 11.2. The molecule has 0 atom stereocenters. The fraction of sp³-hybridized carbons (Fsp3) is 0.429. The predicted molar refractivity (Wildman–Crippen MR) is 73.9 cm³/mol. The lowest BCUT2D eigenvalue weighted by Gasteiger charge is -2.23. The molecule has 3 N–H and O–H groups in total. The van der Waals surface area contributed by atoms with Crippen molar-refractivity contribution in [2.45, 2.75) is 20.3 Å². The summed E-state index contributed by atoms with van der Waals surface area (Å²) in [5.41, 5.74) is 1.43. The summed E-state index contributed by atoms with van der Waals surface area (Å²) in [6.45, 7) is 4.70. The molecule has 0 aliphatic carbocycles. The summed E-state index contributed by atoms with van der Waals surface area (Å²) in [6, 6.07) is 5.43. The van der Waals surface area contributed by atoms with E-state index in [0.717, 1.165) is 10.9 Å². The first kappa shape index (κ1) is 13.5. The lowest BCUT2D eigenvalue weighted by Crippen LogP contribution is -2.34. The molecule has 0 bridgehead atoms. The molecule has 1 aromatic heterocycles. The number of fused-ring (bicyclic) bond motifs is 1. The fourth-order valence-electron chi connectivity index (χ4n) is 1.90. The van der Waals surface area contributed by atoms with Gasteiger partial charge >= 0.3 is 0 Å². The first-order valence-corrected chi connectivity index (χ1v) is 6.34. The number of benzene rings is 1. The topological polar surface area (TPSA) is 78.0 Å². The number of rotatable bonds is 5. The highest BCUT2D eigenvalue weighted by Gasteiger charge is 2.18. The zero-order chi connectivity index (χ0) is 13.9. The molecule has 2 rings (SSSR count). The molecule has 19 heavy (non-hydrogen) atoms. The van der Waals surface area contributed by atoms with Crippen LogP contribution < -0.4 is 5.32 Å². The number of H-pyrrole nitrogens is 1. The van der Waals surface area contributed by atoms with Crippen LogP contribution in [0.15, 0.2) is 24.4 Å². The number of aliphatic hydroxyl groups is 1. The van der Waals surface area contributed by atoms with E-state index in [1.54, 1.807) is 12.3 Å². The molecule has 0 unspecified atom stereocenters. The maximum absolute atomic E-state index is 12.1. The van der Waals surface area contributed by atoms with Crippen molar-refractivity contribution in [1.82, 2.24) is 15.5 Å². The van der Waals surface area contributed by atoms with Crippen molar-refractivity contribution in [1.29, 1.82) is 0 Å². The highest BCUT2D eigenvalue weighted by atomic mass is 16.3. The van der Waals surface area contributed by atoms with E-state index in [0.29, 0.717) is 18.5 Å². The number of nitrogens with one attached hydrogen (secondary N) is 2. The number of aromatic amines is 1. The monoisotopic (exact) mass is 261 g/mol. The molecule has 5 nitrogen and oxygen atoms in total. The van der Waals surface area contributed by atoms with Gasteiger partial charge in [-0.2, -0.15) is 5.10 Å². The molecule has 1 heterocycles. The Labute approximate surface area is 112 Å². The van der Waals surface area contributed by atoms with Crippen LogP contribution in [0.4, 0.5) is 0 Å². The fourth-order valence-corrected chi connectivity index (χ4v) is 1.90. The van der Waals surface area contributed by atoms with Crippen molar-refractivity contribution in [2.75, 3.05) is 13.2 Å². The van der Waals surface area contributed by atoms with Gasteiger partial charge in [-0.1, -0.05) is 13.8 Å². The highest BCUT2D eigenvalue weighted by Crippen LogP contribution is 2.18. The molecular formula is C14H19N3O2. The second-order valence-electron chi connectivity index (χ2n) is 5.49. The van der Waals surface area contributed by atoms with Gasteiger partial charge in [0.2, 0.25) is 0 Å². The summed E-state index contributed by atoms with van der Waals surface area (Å²) in [5, 5.41) is 19.6. The molecule has 102 valence electrons. The van der Waals surface area contributed by atoms with Gasteiger partial charge in [-0.3, -0.25) is 9.89 Å². The van der Waals surface area contributed by atoms with Gasteiger partial charge in [0.25, 0.3) is 5.91 Å². The summed E-state index contributed by atoms with van der Waals surface area (Å²) < 4.78 is 0. The Bertz CT molecular complexity index is 575. The largest absolute Gasteiger partial charge is 0.396 e. The van der Waals surface area contributed by atoms with E-state index in [1.807, 2.05) is 26.0 Å². The average Bonchev–Trinajstić information content (AvgIpc) is 2.83. The van der Waals surface area contributed by atoms with Gasteiger partial charge in [0.1, 0.15) is 0 Å². The molecule has 0 spiro atoms. The molecule has 0 saturated heterocycles. The Hall–Kier alpha value is -1.88. The Morgan fingerprint density at radius 1 is 1.47 bits per heavy atom. The van der Waals surface area contributed by atoms with Crippen molar-refractivity contribution in [3.63, 3.8) is 0 Å². The molecular weight excluding hydrogens is 242 g/mol. The minimum absolute atomic E-state index is 0.103. The number of carbonyl (C=O) groups is 1. The summed E-state index contributed by atoms with van der Waals surface area (Å²) in [7, 11) is 0. The van der Waals surface area contributed by atoms with Crippen LogP contribution in [-0.2, 0) is 0 Å². The molecule has 2 aromatic rings. The zero-order valence-corrected chi connectivity index (χ0v) is 11.2. The number of hydrogen-bond acceptors (Lipinski definition) is 3. The van der Waals surface area contributed by atoms with Gasteiger partial charge in [0, 0.05) is 24.1 Å². The Morgan fingerprint density at radius 2 is 2.26 bits per heavy atom. The van der Waals surface area contributed by atoms with Crippen molar-refractivity contribution >= 4 is 16.8 Å². The molecule has 0 saturated carbocycles. The van der Waals surface area contributed by atoms with Gasteiger partial charge in [0.05, 0.1) is 11.7 Å². The average molecular weight is 261 g/mol. The van der Waals surface area contributed by atoms with E-state index in [1.165, 1.54) is 0 Å². The summed E-state index contributed by atoms with van der Waals surface area (Å²) in [4.78, 5) is 12.1. The van der Waals surface area contributed by atoms with E-state index >= 15 is 0 Å². The van der Waals surface area contributed by atoms with E-state index in [-0.39, 0.29) is 17.9 Å². The van der Waals surface area contributed by atoms with Crippen LogP contribution in [0.2, 0.25) is 0 Å². The normalized spacial score (nSPS) is 11.7. The quantitative estimate of drug-likeness (QED) is 0.766. The maximum atomic E-state index is 12.1. The van der Waals surface area contributed by atoms with Crippen molar-refractivity contribution in [3.8, 4) is 0 Å². The molecule has 0 aliphatic heterocycles. The molecule has 0 fully saturated rings. The van der Waals surface area contributed by atoms with Gasteiger partial charge in [-0.05, 0) is 30.0 Å². The van der Waals surface area contributed by atoms with E-state index in [9.17, 15) is 4.79 Å². The van der Waals surface area contributed by atoms with Crippen LogP contribution >= 0.6 is 0 Å². The van der Waals surface area contributed by atoms with E-state index in [2.05, 4.69) is 15.5 Å². The molecule has 5 heteroatoms. The Morgan fingerprint density at radius 3 is 3.00 bits per heavy atom. The number of aromatic nitrogens is 2. The first-order chi connectivity index (χ1) is 9.02. The Balaban J connectivity index is 2.03. The third-order valence-electron chi connectivity index (χ3n) is 3.22. The predicted octanol–water partition coefficient (Wildman–Crippen LogP) is 1.70. The number of carbonyl (C=O) groups excluding carboxylic acids is 1. The van der Waals surface area contributed by atoms with Crippen LogP contribution in [0.1, 0.15) is 30.6 Å². The lowest BCUT2D eigenvalue weighted by atomic mass is 9.89. The maximum Gasteiger partial charge on any atom is 0.251 e. The van der Waals surface area contributed by atoms with Crippen molar-refractivity contribution in [3.05, 3.63) is 30.0 Å². The number of nitrogens with zero attached hydrogens (tertiary/aromatic N) is 1. The number of amides is 1. The minimum Gasteiger partial charge on any atom is -0.396 e. The molecule has 0 aliphatic rings. The Kier molecular flexibility index (Phi) is 3.85. The van der Waals surface area contributed by atoms with Crippen LogP contribution in [0.5, 0.6) is 0 Å². The van der Waals surface area contributed by atoms with E-state index in [4.69, 9.17) is 5.11 Å². The summed E-state index contributed by atoms with van der Waals surface area (Å²) in [6.07, 6.45) is 2.36. The molecule has 0 radical (unpaired) electrons. The first-order valence-electron chi connectivity index (χ1n) is 6.34. The molecule has 1 aromatic carbocycles. The minimum atomic E-state index is -0.107. The lowest BCUT2D eigenvalue weighted by molar-refractivity contribution is 0.0928. The van der Waals surface area contributed by atoms with Gasteiger partial charge in [-0.25, -0.2) is 0 Å².